The Morgan fingerprint density at radius 1 is 1.45 bits per heavy atom. The molecule has 0 radical (unpaired) electrons. The molecule has 20 heavy (non-hydrogen) atoms. The number of nitrogens with zero attached hydrogens (tertiary/aromatic N) is 1. The predicted octanol–water partition coefficient (Wildman–Crippen LogP) is 2.08. The van der Waals surface area contributed by atoms with Gasteiger partial charge < -0.3 is 10.4 Å². The quantitative estimate of drug-likeness (QED) is 0.870. The van der Waals surface area contributed by atoms with E-state index in [1.54, 1.807) is 0 Å². The molecule has 0 unspecified atom stereocenters. The zero-order chi connectivity index (χ0) is 15.5. The molecule has 1 amide bonds. The van der Waals surface area contributed by atoms with Crippen molar-refractivity contribution in [2.24, 2.45) is 0 Å². The Hall–Kier alpha value is -2.12. The number of rotatable bonds is 5. The summed E-state index contributed by atoms with van der Waals surface area (Å²) in [5.74, 6) is -2.45. The van der Waals surface area contributed by atoms with Crippen molar-refractivity contribution < 1.29 is 27.9 Å². The van der Waals surface area contributed by atoms with E-state index in [2.05, 4.69) is 10.3 Å². The molecule has 1 heterocycles. The van der Waals surface area contributed by atoms with Gasteiger partial charge in [0.2, 0.25) is 0 Å². The lowest BCUT2D eigenvalue weighted by atomic mass is 10.1. The van der Waals surface area contributed by atoms with Crippen LogP contribution in [0.4, 0.5) is 13.2 Å². The van der Waals surface area contributed by atoms with Gasteiger partial charge in [-0.25, -0.2) is 18.0 Å². The zero-order valence-electron chi connectivity index (χ0n) is 10.8. The minimum atomic E-state index is -3.02. The van der Waals surface area contributed by atoms with Gasteiger partial charge in [0.05, 0.1) is 5.56 Å². The fraction of sp³-hybridized carbons (Fsp3) is 0.417. The topological polar surface area (TPSA) is 79.3 Å². The van der Waals surface area contributed by atoms with Crippen LogP contribution >= 0.6 is 0 Å². The Labute approximate surface area is 112 Å². The summed E-state index contributed by atoms with van der Waals surface area (Å²) in [6, 6.07) is 0.975. The standard InChI is InChI=1S/C12H13F3N2O3/c1-12(2,15)11(20)17-5-6-3-7(10(18)19)8(9(13)14)16-4-6/h3-4,9H,5H2,1-2H3,(H,17,20)(H,18,19). The molecule has 110 valence electrons. The second kappa shape index (κ2) is 5.89. The Morgan fingerprint density at radius 2 is 2.05 bits per heavy atom. The van der Waals surface area contributed by atoms with Crippen LogP contribution in [0, 0.1) is 0 Å². The second-order valence-electron chi connectivity index (χ2n) is 4.54. The lowest BCUT2D eigenvalue weighted by Crippen LogP contribution is -2.38. The number of carbonyl (C=O) groups excluding carboxylic acids is 1. The summed E-state index contributed by atoms with van der Waals surface area (Å²) in [4.78, 5) is 25.5. The van der Waals surface area contributed by atoms with Gasteiger partial charge in [0.15, 0.2) is 5.67 Å². The van der Waals surface area contributed by atoms with Crippen molar-refractivity contribution in [3.8, 4) is 0 Å². The summed E-state index contributed by atoms with van der Waals surface area (Å²) in [6.45, 7) is 1.91. The molecule has 1 aromatic heterocycles. The van der Waals surface area contributed by atoms with E-state index < -0.39 is 35.2 Å². The van der Waals surface area contributed by atoms with Gasteiger partial charge in [-0.2, -0.15) is 0 Å². The van der Waals surface area contributed by atoms with E-state index in [1.165, 1.54) is 0 Å². The first-order chi connectivity index (χ1) is 9.12. The molecule has 0 fully saturated rings. The van der Waals surface area contributed by atoms with Crippen LogP contribution in [-0.2, 0) is 11.3 Å². The smallest absolute Gasteiger partial charge is 0.337 e. The molecule has 0 aliphatic rings. The molecule has 0 atom stereocenters. The van der Waals surface area contributed by atoms with Crippen molar-refractivity contribution in [3.63, 3.8) is 0 Å². The lowest BCUT2D eigenvalue weighted by Gasteiger charge is -2.14. The number of carbonyl (C=O) groups is 2. The minimum absolute atomic E-state index is 0.185. The first kappa shape index (κ1) is 15.9. The summed E-state index contributed by atoms with van der Waals surface area (Å²) in [7, 11) is 0. The normalized spacial score (nSPS) is 11.5. The summed E-state index contributed by atoms with van der Waals surface area (Å²) >= 11 is 0. The number of carboxylic acid groups (broad SMARTS) is 1. The van der Waals surface area contributed by atoms with Crippen LogP contribution in [0.3, 0.4) is 0 Å². The van der Waals surface area contributed by atoms with E-state index in [9.17, 15) is 22.8 Å². The van der Waals surface area contributed by atoms with Gasteiger partial charge in [0.1, 0.15) is 5.69 Å². The van der Waals surface area contributed by atoms with Gasteiger partial charge >= 0.3 is 5.97 Å². The summed E-state index contributed by atoms with van der Waals surface area (Å²) in [5, 5.41) is 11.0. The van der Waals surface area contributed by atoms with Crippen molar-refractivity contribution in [3.05, 3.63) is 29.1 Å². The zero-order valence-corrected chi connectivity index (χ0v) is 10.8. The maximum absolute atomic E-state index is 13.2. The molecule has 5 nitrogen and oxygen atoms in total. The summed E-state index contributed by atoms with van der Waals surface area (Å²) < 4.78 is 38.3. The van der Waals surface area contributed by atoms with Crippen LogP contribution < -0.4 is 5.32 Å². The van der Waals surface area contributed by atoms with Gasteiger partial charge in [-0.1, -0.05) is 0 Å². The van der Waals surface area contributed by atoms with Crippen LogP contribution in [0.2, 0.25) is 0 Å². The van der Waals surface area contributed by atoms with Crippen LogP contribution in [0.25, 0.3) is 0 Å². The molecule has 2 N–H and O–H groups in total. The monoisotopic (exact) mass is 290 g/mol. The van der Waals surface area contributed by atoms with Gasteiger partial charge in [-0.15, -0.1) is 0 Å². The molecule has 1 rings (SSSR count). The molecule has 0 bridgehead atoms. The highest BCUT2D eigenvalue weighted by Crippen LogP contribution is 2.21. The molecule has 0 saturated carbocycles. The molecule has 0 saturated heterocycles. The van der Waals surface area contributed by atoms with Crippen molar-refractivity contribution in [2.45, 2.75) is 32.5 Å². The number of aromatic carboxylic acids is 1. The average molecular weight is 290 g/mol. The largest absolute Gasteiger partial charge is 0.478 e. The summed E-state index contributed by atoms with van der Waals surface area (Å²) in [6.07, 6.45) is -2.01. The molecule has 1 aromatic rings. The van der Waals surface area contributed by atoms with Gasteiger partial charge in [0.25, 0.3) is 12.3 Å². The maximum Gasteiger partial charge on any atom is 0.337 e. The van der Waals surface area contributed by atoms with Crippen LogP contribution in [0.15, 0.2) is 12.3 Å². The van der Waals surface area contributed by atoms with E-state index in [4.69, 9.17) is 5.11 Å². The molecule has 0 aliphatic heterocycles. The van der Waals surface area contributed by atoms with Crippen molar-refractivity contribution >= 4 is 11.9 Å². The predicted molar refractivity (Wildman–Crippen MR) is 63.2 cm³/mol. The van der Waals surface area contributed by atoms with Crippen molar-refractivity contribution in [1.82, 2.24) is 10.3 Å². The minimum Gasteiger partial charge on any atom is -0.478 e. The number of halogens is 3. The van der Waals surface area contributed by atoms with E-state index >= 15 is 0 Å². The second-order valence-corrected chi connectivity index (χ2v) is 4.54. The van der Waals surface area contributed by atoms with Gasteiger partial charge in [-0.05, 0) is 25.5 Å². The van der Waals surface area contributed by atoms with Crippen molar-refractivity contribution in [2.75, 3.05) is 0 Å². The Bertz CT molecular complexity index is 527. The molecule has 8 heteroatoms. The lowest BCUT2D eigenvalue weighted by molar-refractivity contribution is -0.130. The molecular weight excluding hydrogens is 277 g/mol. The Balaban J connectivity index is 2.91. The number of hydrogen-bond acceptors (Lipinski definition) is 3. The average Bonchev–Trinajstić information content (AvgIpc) is 2.34. The number of aromatic nitrogens is 1. The van der Waals surface area contributed by atoms with Crippen LogP contribution in [0.5, 0.6) is 0 Å². The van der Waals surface area contributed by atoms with E-state index in [-0.39, 0.29) is 12.1 Å². The summed E-state index contributed by atoms with van der Waals surface area (Å²) in [5.41, 5.74) is -3.40. The third-order valence-corrected chi connectivity index (χ3v) is 2.41. The first-order valence-electron chi connectivity index (χ1n) is 5.60. The fourth-order valence-electron chi connectivity index (χ4n) is 1.35. The van der Waals surface area contributed by atoms with E-state index in [0.29, 0.717) is 0 Å². The van der Waals surface area contributed by atoms with Crippen LogP contribution in [0.1, 0.15) is 41.9 Å². The SMILES string of the molecule is CC(C)(F)C(=O)NCc1cnc(C(F)F)c(C(=O)O)c1. The third kappa shape index (κ3) is 3.94. The highest BCUT2D eigenvalue weighted by Gasteiger charge is 2.26. The molecule has 0 spiro atoms. The van der Waals surface area contributed by atoms with E-state index in [0.717, 1.165) is 26.1 Å². The molecule has 0 aromatic carbocycles. The van der Waals surface area contributed by atoms with Crippen LogP contribution in [-0.4, -0.2) is 27.6 Å². The number of nitrogens with one attached hydrogen (secondary N) is 1. The molecular formula is C12H13F3N2O3. The fourth-order valence-corrected chi connectivity index (χ4v) is 1.35. The third-order valence-electron chi connectivity index (χ3n) is 2.41. The maximum atomic E-state index is 13.2. The van der Waals surface area contributed by atoms with Gasteiger partial charge in [-0.3, -0.25) is 9.78 Å². The number of hydrogen-bond donors (Lipinski definition) is 2. The number of amides is 1. The Morgan fingerprint density at radius 3 is 2.50 bits per heavy atom. The molecule has 0 aliphatic carbocycles. The highest BCUT2D eigenvalue weighted by molar-refractivity contribution is 5.89. The number of carboxylic acids is 1. The number of alkyl halides is 3. The van der Waals surface area contributed by atoms with Gasteiger partial charge in [0, 0.05) is 12.7 Å². The Kier molecular flexibility index (Phi) is 4.69. The van der Waals surface area contributed by atoms with Crippen molar-refractivity contribution in [1.29, 1.82) is 0 Å². The highest BCUT2D eigenvalue weighted by atomic mass is 19.3. The first-order valence-corrected chi connectivity index (χ1v) is 5.60. The van der Waals surface area contributed by atoms with E-state index in [1.807, 2.05) is 0 Å². The number of pyridine rings is 1.